The summed E-state index contributed by atoms with van der Waals surface area (Å²) in [6, 6.07) is 14.3. The Balaban J connectivity index is 1.93. The molecule has 0 saturated heterocycles. The van der Waals surface area contributed by atoms with Crippen molar-refractivity contribution in [1.29, 1.82) is 0 Å². The summed E-state index contributed by atoms with van der Waals surface area (Å²) in [5.41, 5.74) is 7.64. The van der Waals surface area contributed by atoms with E-state index < -0.39 is 0 Å². The van der Waals surface area contributed by atoms with E-state index in [1.807, 2.05) is 25.2 Å². The normalized spacial score (nSPS) is 10.3. The van der Waals surface area contributed by atoms with E-state index in [0.29, 0.717) is 6.54 Å². The van der Waals surface area contributed by atoms with Crippen molar-refractivity contribution in [1.82, 2.24) is 10.2 Å². The topological polar surface area (TPSA) is 55.0 Å². The first-order valence-corrected chi connectivity index (χ1v) is 6.07. The molecule has 0 atom stereocenters. The fourth-order valence-corrected chi connectivity index (χ4v) is 1.72. The van der Waals surface area contributed by atoms with Gasteiger partial charge in [-0.1, -0.05) is 30.3 Å². The molecule has 4 nitrogen and oxygen atoms in total. The Bertz CT molecular complexity index is 467. The number of hydrogen-bond acceptors (Lipinski definition) is 4. The molecule has 2 N–H and O–H groups in total. The van der Waals surface area contributed by atoms with Gasteiger partial charge in [-0.2, -0.15) is 5.10 Å². The predicted molar refractivity (Wildman–Crippen MR) is 73.3 cm³/mol. The maximum atomic E-state index is 5.49. The molecule has 1 aromatic heterocycles. The first-order chi connectivity index (χ1) is 8.79. The number of nitrogens with zero attached hydrogens (tertiary/aromatic N) is 3. The van der Waals surface area contributed by atoms with E-state index in [2.05, 4.69) is 39.4 Å². The van der Waals surface area contributed by atoms with Crippen LogP contribution in [0.5, 0.6) is 0 Å². The second-order valence-electron chi connectivity index (χ2n) is 4.24. The molecule has 1 heterocycles. The minimum Gasteiger partial charge on any atom is -0.358 e. The summed E-state index contributed by atoms with van der Waals surface area (Å²) in [7, 11) is 2.02. The average molecular weight is 242 g/mol. The maximum absolute atomic E-state index is 5.49. The van der Waals surface area contributed by atoms with Crippen LogP contribution in [0.2, 0.25) is 0 Å². The summed E-state index contributed by atoms with van der Waals surface area (Å²) in [6.45, 7) is 1.35. The number of aromatic nitrogens is 2. The Kier molecular flexibility index (Phi) is 4.25. The molecule has 0 saturated carbocycles. The Labute approximate surface area is 107 Å². The third-order valence-electron chi connectivity index (χ3n) is 2.88. The number of nitrogens with two attached hydrogens (primary N) is 1. The summed E-state index contributed by atoms with van der Waals surface area (Å²) in [5, 5.41) is 8.21. The molecule has 0 aliphatic carbocycles. The smallest absolute Gasteiger partial charge is 0.150 e. The van der Waals surface area contributed by atoms with Crippen LogP contribution in [0.1, 0.15) is 11.3 Å². The molecule has 4 heteroatoms. The van der Waals surface area contributed by atoms with Gasteiger partial charge in [-0.05, 0) is 24.1 Å². The molecule has 1 aromatic carbocycles. The fraction of sp³-hybridized carbons (Fsp3) is 0.286. The van der Waals surface area contributed by atoms with Gasteiger partial charge >= 0.3 is 0 Å². The van der Waals surface area contributed by atoms with E-state index in [1.165, 1.54) is 5.56 Å². The van der Waals surface area contributed by atoms with Gasteiger partial charge in [0.15, 0.2) is 5.82 Å². The lowest BCUT2D eigenvalue weighted by Crippen LogP contribution is -2.22. The highest BCUT2D eigenvalue weighted by molar-refractivity contribution is 5.36. The molecule has 2 aromatic rings. The Morgan fingerprint density at radius 3 is 2.44 bits per heavy atom. The van der Waals surface area contributed by atoms with Crippen LogP contribution in [0.4, 0.5) is 5.82 Å². The Hall–Kier alpha value is -1.94. The number of hydrogen-bond donors (Lipinski definition) is 1. The van der Waals surface area contributed by atoms with Crippen molar-refractivity contribution < 1.29 is 0 Å². The standard InChI is InChI=1S/C14H18N4/c1-18(10-9-12-5-3-2-4-6-12)14-8-7-13(11-15)16-17-14/h2-8H,9-11,15H2,1H3. The molecule has 0 aliphatic heterocycles. The zero-order chi connectivity index (χ0) is 12.8. The zero-order valence-corrected chi connectivity index (χ0v) is 10.6. The van der Waals surface area contributed by atoms with Gasteiger partial charge in [0.05, 0.1) is 5.69 Å². The van der Waals surface area contributed by atoms with Gasteiger partial charge in [0, 0.05) is 20.1 Å². The highest BCUT2D eigenvalue weighted by Crippen LogP contribution is 2.09. The SMILES string of the molecule is CN(CCc1ccccc1)c1ccc(CN)nn1. The van der Waals surface area contributed by atoms with Crippen LogP contribution in [0.3, 0.4) is 0 Å². The van der Waals surface area contributed by atoms with Gasteiger partial charge in [0.1, 0.15) is 0 Å². The summed E-state index contributed by atoms with van der Waals surface area (Å²) >= 11 is 0. The van der Waals surface area contributed by atoms with Crippen LogP contribution in [0.15, 0.2) is 42.5 Å². The molecule has 0 radical (unpaired) electrons. The molecule has 2 rings (SSSR count). The summed E-state index contributed by atoms with van der Waals surface area (Å²) < 4.78 is 0. The second kappa shape index (κ2) is 6.12. The fourth-order valence-electron chi connectivity index (χ4n) is 1.72. The van der Waals surface area contributed by atoms with Gasteiger partial charge in [0.25, 0.3) is 0 Å². The lowest BCUT2D eigenvalue weighted by atomic mass is 10.1. The van der Waals surface area contributed by atoms with Gasteiger partial charge in [0.2, 0.25) is 0 Å². The summed E-state index contributed by atoms with van der Waals surface area (Å²) in [4.78, 5) is 2.10. The molecule has 0 bridgehead atoms. The van der Waals surface area contributed by atoms with E-state index >= 15 is 0 Å². The van der Waals surface area contributed by atoms with Crippen molar-refractivity contribution in [2.75, 3.05) is 18.5 Å². The highest BCUT2D eigenvalue weighted by Gasteiger charge is 2.03. The van der Waals surface area contributed by atoms with Crippen LogP contribution in [0, 0.1) is 0 Å². The largest absolute Gasteiger partial charge is 0.358 e. The van der Waals surface area contributed by atoms with Gasteiger partial charge in [-0.15, -0.1) is 5.10 Å². The van der Waals surface area contributed by atoms with Crippen molar-refractivity contribution in [2.24, 2.45) is 5.73 Å². The molecular formula is C14H18N4. The van der Waals surface area contributed by atoms with Crippen LogP contribution in [-0.4, -0.2) is 23.8 Å². The van der Waals surface area contributed by atoms with Gasteiger partial charge < -0.3 is 10.6 Å². The first-order valence-electron chi connectivity index (χ1n) is 6.07. The van der Waals surface area contributed by atoms with Crippen LogP contribution < -0.4 is 10.6 Å². The molecule has 0 spiro atoms. The van der Waals surface area contributed by atoms with Gasteiger partial charge in [-0.3, -0.25) is 0 Å². The molecule has 0 unspecified atom stereocenters. The van der Waals surface area contributed by atoms with E-state index in [9.17, 15) is 0 Å². The zero-order valence-electron chi connectivity index (χ0n) is 10.6. The minimum absolute atomic E-state index is 0.432. The van der Waals surface area contributed by atoms with Crippen molar-refractivity contribution >= 4 is 5.82 Å². The van der Waals surface area contributed by atoms with Crippen molar-refractivity contribution in [2.45, 2.75) is 13.0 Å². The van der Waals surface area contributed by atoms with Crippen molar-refractivity contribution in [3.8, 4) is 0 Å². The van der Waals surface area contributed by atoms with Gasteiger partial charge in [-0.25, -0.2) is 0 Å². The average Bonchev–Trinajstić information content (AvgIpc) is 2.46. The quantitative estimate of drug-likeness (QED) is 0.865. The number of likely N-dealkylation sites (N-methyl/N-ethyl adjacent to an activating group) is 1. The molecule has 18 heavy (non-hydrogen) atoms. The van der Waals surface area contributed by atoms with Crippen molar-refractivity contribution in [3.05, 3.63) is 53.7 Å². The van der Waals surface area contributed by atoms with E-state index in [4.69, 9.17) is 5.73 Å². The van der Waals surface area contributed by atoms with Crippen LogP contribution >= 0.6 is 0 Å². The predicted octanol–water partition coefficient (Wildman–Crippen LogP) is 1.61. The third-order valence-corrected chi connectivity index (χ3v) is 2.88. The summed E-state index contributed by atoms with van der Waals surface area (Å²) in [5.74, 6) is 0.878. The van der Waals surface area contributed by atoms with Crippen LogP contribution in [0.25, 0.3) is 0 Å². The van der Waals surface area contributed by atoms with E-state index in [-0.39, 0.29) is 0 Å². The molecule has 94 valence electrons. The Morgan fingerprint density at radius 1 is 1.06 bits per heavy atom. The second-order valence-corrected chi connectivity index (χ2v) is 4.24. The summed E-state index contributed by atoms with van der Waals surface area (Å²) in [6.07, 6.45) is 0.998. The molecule has 0 fully saturated rings. The lowest BCUT2D eigenvalue weighted by Gasteiger charge is -2.17. The van der Waals surface area contributed by atoms with Crippen molar-refractivity contribution in [3.63, 3.8) is 0 Å². The Morgan fingerprint density at radius 2 is 1.83 bits per heavy atom. The monoisotopic (exact) mass is 242 g/mol. The number of rotatable bonds is 5. The highest BCUT2D eigenvalue weighted by atomic mass is 15.2. The number of anilines is 1. The van der Waals surface area contributed by atoms with Crippen LogP contribution in [-0.2, 0) is 13.0 Å². The minimum atomic E-state index is 0.432. The molecule has 0 aliphatic rings. The van der Waals surface area contributed by atoms with E-state index in [0.717, 1.165) is 24.5 Å². The van der Waals surface area contributed by atoms with E-state index in [1.54, 1.807) is 0 Å². The lowest BCUT2D eigenvalue weighted by molar-refractivity contribution is 0.820. The number of benzene rings is 1. The molecular weight excluding hydrogens is 224 g/mol. The maximum Gasteiger partial charge on any atom is 0.150 e. The third kappa shape index (κ3) is 3.28. The first kappa shape index (κ1) is 12.5. The molecule has 0 amide bonds.